The van der Waals surface area contributed by atoms with Gasteiger partial charge in [0.15, 0.2) is 5.82 Å². The van der Waals surface area contributed by atoms with Crippen LogP contribution in [-0.4, -0.2) is 20.7 Å². The molecule has 0 fully saturated rings. The van der Waals surface area contributed by atoms with Gasteiger partial charge in [-0.1, -0.05) is 0 Å². The van der Waals surface area contributed by atoms with Crippen LogP contribution in [-0.2, 0) is 13.6 Å². The number of pyridine rings is 1. The Balaban J connectivity index is 2.10. The molecule has 2 aromatic rings. The molecule has 100 valence electrons. The van der Waals surface area contributed by atoms with Crippen LogP contribution in [0.15, 0.2) is 18.5 Å². The number of hydrogen-bond donors (Lipinski definition) is 1. The molecule has 0 radical (unpaired) electrons. The van der Waals surface area contributed by atoms with Gasteiger partial charge < -0.3 is 5.32 Å². The highest BCUT2D eigenvalue weighted by atomic mass is 19.2. The van der Waals surface area contributed by atoms with Crippen molar-refractivity contribution in [1.82, 2.24) is 20.1 Å². The first kappa shape index (κ1) is 13.1. The Morgan fingerprint density at radius 3 is 2.84 bits per heavy atom. The zero-order valence-corrected chi connectivity index (χ0v) is 10.4. The third-order valence-corrected chi connectivity index (χ3v) is 2.87. The fourth-order valence-corrected chi connectivity index (χ4v) is 1.58. The first-order valence-electron chi connectivity index (χ1n) is 5.56. The minimum atomic E-state index is -1.29. The molecule has 0 aliphatic carbocycles. The van der Waals surface area contributed by atoms with E-state index in [9.17, 15) is 13.6 Å². The topological polar surface area (TPSA) is 59.8 Å². The van der Waals surface area contributed by atoms with E-state index in [0.29, 0.717) is 0 Å². The van der Waals surface area contributed by atoms with E-state index < -0.39 is 17.7 Å². The van der Waals surface area contributed by atoms with E-state index in [4.69, 9.17) is 0 Å². The van der Waals surface area contributed by atoms with E-state index in [-0.39, 0.29) is 12.1 Å². The number of halogens is 2. The molecule has 0 saturated heterocycles. The van der Waals surface area contributed by atoms with Crippen molar-refractivity contribution in [2.75, 3.05) is 0 Å². The second-order valence-electron chi connectivity index (χ2n) is 4.02. The van der Waals surface area contributed by atoms with Gasteiger partial charge in [0.1, 0.15) is 0 Å². The number of carbonyl (C=O) groups excluding carboxylic acids is 1. The van der Waals surface area contributed by atoms with Crippen LogP contribution in [0.4, 0.5) is 8.78 Å². The molecule has 7 heteroatoms. The number of nitrogens with one attached hydrogen (secondary N) is 1. The second kappa shape index (κ2) is 5.13. The molecule has 0 unspecified atom stereocenters. The molecule has 2 heterocycles. The molecule has 5 nitrogen and oxygen atoms in total. The highest BCUT2D eigenvalue weighted by Crippen LogP contribution is 2.10. The lowest BCUT2D eigenvalue weighted by Crippen LogP contribution is -2.24. The third-order valence-electron chi connectivity index (χ3n) is 2.87. The number of hydrogen-bond acceptors (Lipinski definition) is 3. The monoisotopic (exact) mass is 266 g/mol. The summed E-state index contributed by atoms with van der Waals surface area (Å²) in [5.41, 5.74) is 1.33. The Hall–Kier alpha value is -2.31. The number of aryl methyl sites for hydroxylation is 1. The molecule has 0 bridgehead atoms. The van der Waals surface area contributed by atoms with Gasteiger partial charge >= 0.3 is 0 Å². The van der Waals surface area contributed by atoms with Gasteiger partial charge in [-0.05, 0) is 13.0 Å². The molecule has 1 N–H and O–H groups in total. The van der Waals surface area contributed by atoms with Crippen LogP contribution in [0.3, 0.4) is 0 Å². The van der Waals surface area contributed by atoms with Crippen LogP contribution in [0.2, 0.25) is 0 Å². The molecule has 19 heavy (non-hydrogen) atoms. The van der Waals surface area contributed by atoms with Crippen molar-refractivity contribution >= 4 is 5.91 Å². The minimum absolute atomic E-state index is 0.196. The Morgan fingerprint density at radius 1 is 1.47 bits per heavy atom. The van der Waals surface area contributed by atoms with Crippen LogP contribution in [0.1, 0.15) is 21.6 Å². The van der Waals surface area contributed by atoms with Gasteiger partial charge in [-0.3, -0.25) is 9.48 Å². The number of amides is 1. The van der Waals surface area contributed by atoms with Gasteiger partial charge in [-0.25, -0.2) is 9.37 Å². The van der Waals surface area contributed by atoms with E-state index >= 15 is 0 Å². The average molecular weight is 266 g/mol. The fourth-order valence-electron chi connectivity index (χ4n) is 1.58. The SMILES string of the molecule is Cc1c(CNC(=O)c2ccnc(F)c2F)cnn1C. The van der Waals surface area contributed by atoms with E-state index in [0.717, 1.165) is 23.5 Å². The van der Waals surface area contributed by atoms with Gasteiger partial charge in [-0.2, -0.15) is 9.49 Å². The van der Waals surface area contributed by atoms with Crippen LogP contribution in [0, 0.1) is 18.7 Å². The predicted molar refractivity (Wildman–Crippen MR) is 63.3 cm³/mol. The summed E-state index contributed by atoms with van der Waals surface area (Å²) in [6, 6.07) is 1.13. The minimum Gasteiger partial charge on any atom is -0.348 e. The number of rotatable bonds is 3. The van der Waals surface area contributed by atoms with E-state index in [1.54, 1.807) is 17.9 Å². The Labute approximate surface area is 108 Å². The quantitative estimate of drug-likeness (QED) is 0.853. The summed E-state index contributed by atoms with van der Waals surface area (Å²) in [4.78, 5) is 14.9. The van der Waals surface area contributed by atoms with Gasteiger partial charge in [0.25, 0.3) is 5.91 Å². The summed E-state index contributed by atoms with van der Waals surface area (Å²) < 4.78 is 27.9. The van der Waals surface area contributed by atoms with E-state index in [1.807, 2.05) is 6.92 Å². The van der Waals surface area contributed by atoms with Crippen LogP contribution >= 0.6 is 0 Å². The lowest BCUT2D eigenvalue weighted by Gasteiger charge is -2.06. The first-order chi connectivity index (χ1) is 9.00. The Bertz CT molecular complexity index is 624. The number of aromatic nitrogens is 3. The summed E-state index contributed by atoms with van der Waals surface area (Å²) in [6.07, 6.45) is 2.65. The normalized spacial score (nSPS) is 10.5. The van der Waals surface area contributed by atoms with Crippen molar-refractivity contribution in [2.24, 2.45) is 7.05 Å². The second-order valence-corrected chi connectivity index (χ2v) is 4.02. The molecular formula is C12H12F2N4O. The third kappa shape index (κ3) is 2.59. The van der Waals surface area contributed by atoms with Gasteiger partial charge in [0, 0.05) is 31.0 Å². The standard InChI is InChI=1S/C12H12F2N4O/c1-7-8(6-17-18(7)2)5-16-12(19)9-3-4-15-11(14)10(9)13/h3-4,6H,5H2,1-2H3,(H,16,19). The molecule has 2 aromatic heterocycles. The number of carbonyl (C=O) groups is 1. The van der Waals surface area contributed by atoms with Crippen molar-refractivity contribution in [3.63, 3.8) is 0 Å². The lowest BCUT2D eigenvalue weighted by molar-refractivity contribution is 0.0945. The van der Waals surface area contributed by atoms with Crippen LogP contribution in [0.25, 0.3) is 0 Å². The maximum atomic E-state index is 13.3. The van der Waals surface area contributed by atoms with Crippen molar-refractivity contribution in [2.45, 2.75) is 13.5 Å². The summed E-state index contributed by atoms with van der Waals surface area (Å²) in [6.45, 7) is 2.04. The Kier molecular flexibility index (Phi) is 3.55. The maximum Gasteiger partial charge on any atom is 0.254 e. The van der Waals surface area contributed by atoms with Crippen molar-refractivity contribution in [3.05, 3.63) is 47.0 Å². The largest absolute Gasteiger partial charge is 0.348 e. The van der Waals surface area contributed by atoms with Crippen LogP contribution in [0.5, 0.6) is 0 Å². The first-order valence-corrected chi connectivity index (χ1v) is 5.56. The summed E-state index contributed by atoms with van der Waals surface area (Å²) in [7, 11) is 1.78. The van der Waals surface area contributed by atoms with Gasteiger partial charge in [0.2, 0.25) is 5.95 Å². The summed E-state index contributed by atoms with van der Waals surface area (Å²) in [5, 5.41) is 6.53. The van der Waals surface area contributed by atoms with E-state index in [1.165, 1.54) is 0 Å². The van der Waals surface area contributed by atoms with Crippen molar-refractivity contribution in [3.8, 4) is 0 Å². The summed E-state index contributed by atoms with van der Waals surface area (Å²) >= 11 is 0. The average Bonchev–Trinajstić information content (AvgIpc) is 2.70. The summed E-state index contributed by atoms with van der Waals surface area (Å²) in [5.74, 6) is -3.23. The maximum absolute atomic E-state index is 13.3. The molecule has 1 amide bonds. The van der Waals surface area contributed by atoms with Crippen molar-refractivity contribution in [1.29, 1.82) is 0 Å². The lowest BCUT2D eigenvalue weighted by atomic mass is 10.2. The predicted octanol–water partition coefficient (Wildman–Crippen LogP) is 1.33. The van der Waals surface area contributed by atoms with Gasteiger partial charge in [0.05, 0.1) is 11.8 Å². The fraction of sp³-hybridized carbons (Fsp3) is 0.250. The molecular weight excluding hydrogens is 254 g/mol. The molecule has 0 aliphatic heterocycles. The Morgan fingerprint density at radius 2 is 2.21 bits per heavy atom. The molecule has 0 atom stereocenters. The van der Waals surface area contributed by atoms with Crippen molar-refractivity contribution < 1.29 is 13.6 Å². The molecule has 2 rings (SSSR count). The zero-order valence-electron chi connectivity index (χ0n) is 10.4. The highest BCUT2D eigenvalue weighted by molar-refractivity contribution is 5.94. The molecule has 0 spiro atoms. The molecule has 0 aromatic carbocycles. The smallest absolute Gasteiger partial charge is 0.254 e. The van der Waals surface area contributed by atoms with Crippen LogP contribution < -0.4 is 5.32 Å². The zero-order chi connectivity index (χ0) is 14.0. The highest BCUT2D eigenvalue weighted by Gasteiger charge is 2.16. The van der Waals surface area contributed by atoms with Gasteiger partial charge in [-0.15, -0.1) is 0 Å². The molecule has 0 aliphatic rings. The molecule has 0 saturated carbocycles. The number of nitrogens with zero attached hydrogens (tertiary/aromatic N) is 3. The van der Waals surface area contributed by atoms with E-state index in [2.05, 4.69) is 15.4 Å².